The van der Waals surface area contributed by atoms with Gasteiger partial charge in [-0.2, -0.15) is 0 Å². The smallest absolute Gasteiger partial charge is 0.334 e. The van der Waals surface area contributed by atoms with Crippen LogP contribution in [0, 0.1) is 11.3 Å². The van der Waals surface area contributed by atoms with E-state index in [1.54, 1.807) is 12.1 Å². The van der Waals surface area contributed by atoms with Crippen LogP contribution in [0.3, 0.4) is 0 Å². The van der Waals surface area contributed by atoms with Gasteiger partial charge in [-0.1, -0.05) is 72.8 Å². The van der Waals surface area contributed by atoms with Crippen molar-refractivity contribution in [2.75, 3.05) is 18.0 Å². The van der Waals surface area contributed by atoms with Crippen LogP contribution >= 0.6 is 0 Å². The van der Waals surface area contributed by atoms with Crippen LogP contribution in [0.2, 0.25) is 0 Å². The second-order valence-corrected chi connectivity index (χ2v) is 10.0. The zero-order valence-corrected chi connectivity index (χ0v) is 20.3. The molecule has 1 aliphatic heterocycles. The number of hydrogen-bond donors (Lipinski definition) is 3. The SMILES string of the molecule is N=C(N)c1ccc(C[N+]2(C(=O)CN(Cc3ccccc3)c3ccccc3)CC[C@@H]3C[C@@]32C(N)=O)cc1. The number of carbonyl (C=O) groups is 2. The lowest BCUT2D eigenvalue weighted by Gasteiger charge is -2.40. The van der Waals surface area contributed by atoms with Gasteiger partial charge in [-0.3, -0.25) is 10.2 Å². The van der Waals surface area contributed by atoms with E-state index in [0.717, 1.165) is 23.2 Å². The summed E-state index contributed by atoms with van der Waals surface area (Å²) in [4.78, 5) is 29.3. The van der Waals surface area contributed by atoms with Crippen LogP contribution < -0.4 is 16.4 Å². The van der Waals surface area contributed by atoms with Crippen molar-refractivity contribution in [3.63, 3.8) is 0 Å². The van der Waals surface area contributed by atoms with Crippen molar-refractivity contribution in [2.45, 2.75) is 31.5 Å². The molecular weight excluding hydrogens is 450 g/mol. The van der Waals surface area contributed by atoms with Crippen molar-refractivity contribution >= 4 is 23.3 Å². The number of amides is 2. The van der Waals surface area contributed by atoms with Gasteiger partial charge in [0.2, 0.25) is 0 Å². The van der Waals surface area contributed by atoms with E-state index in [1.165, 1.54) is 0 Å². The number of carbonyl (C=O) groups excluding carboxylic acids is 2. The summed E-state index contributed by atoms with van der Waals surface area (Å²) in [6.45, 7) is 1.74. The number of fused-ring (bicyclic) bond motifs is 1. The summed E-state index contributed by atoms with van der Waals surface area (Å²) in [5.41, 5.74) is 14.4. The molecule has 7 nitrogen and oxygen atoms in total. The summed E-state index contributed by atoms with van der Waals surface area (Å²) in [6, 6.07) is 27.4. The van der Waals surface area contributed by atoms with E-state index in [1.807, 2.05) is 60.7 Å². The van der Waals surface area contributed by atoms with Crippen LogP contribution in [0.15, 0.2) is 84.9 Å². The Morgan fingerprint density at radius 1 is 0.917 bits per heavy atom. The minimum absolute atomic E-state index is 0.00188. The number of primary amides is 1. The number of quaternary nitrogens is 1. The molecule has 2 fully saturated rings. The summed E-state index contributed by atoms with van der Waals surface area (Å²) in [7, 11) is 0. The largest absolute Gasteiger partial charge is 0.384 e. The monoisotopic (exact) mass is 482 g/mol. The lowest BCUT2D eigenvalue weighted by atomic mass is 10.0. The highest BCUT2D eigenvalue weighted by atomic mass is 16.2. The second-order valence-electron chi connectivity index (χ2n) is 10.0. The lowest BCUT2D eigenvalue weighted by Crippen LogP contribution is -2.65. The van der Waals surface area contributed by atoms with Crippen LogP contribution in [0.1, 0.15) is 29.5 Å². The molecule has 2 amide bonds. The maximum absolute atomic E-state index is 14.3. The maximum Gasteiger partial charge on any atom is 0.334 e. The molecule has 7 heteroatoms. The Labute approximate surface area is 211 Å². The highest BCUT2D eigenvalue weighted by Gasteiger charge is 2.78. The van der Waals surface area contributed by atoms with Crippen molar-refractivity contribution in [1.82, 2.24) is 0 Å². The molecule has 36 heavy (non-hydrogen) atoms. The molecule has 0 bridgehead atoms. The predicted octanol–water partition coefficient (Wildman–Crippen LogP) is 3.17. The van der Waals surface area contributed by atoms with Gasteiger partial charge in [0.1, 0.15) is 18.9 Å². The fraction of sp³-hybridized carbons (Fsp3) is 0.276. The standard InChI is InChI=1S/C29H31N5O2/c30-27(31)23-13-11-22(12-14-23)20-34(16-15-24-17-29(24,34)28(32)36)26(35)19-33(25-9-5-2-6-10-25)18-21-7-3-1-4-8-21/h1-14,24H,15-20H2,(H4-,30,31,32,36)/p+1/t24-,29+,34?/m1/s1. The van der Waals surface area contributed by atoms with Gasteiger partial charge in [0.25, 0.3) is 5.91 Å². The van der Waals surface area contributed by atoms with Gasteiger partial charge in [0, 0.05) is 42.1 Å². The van der Waals surface area contributed by atoms with Crippen LogP contribution in [-0.4, -0.2) is 40.8 Å². The average molecular weight is 483 g/mol. The Hall–Kier alpha value is -3.97. The number of para-hydroxylation sites is 1. The van der Waals surface area contributed by atoms with Crippen LogP contribution in [-0.2, 0) is 22.7 Å². The number of piperidine rings is 1. The third-order valence-electron chi connectivity index (χ3n) is 7.98. The maximum atomic E-state index is 14.3. The average Bonchev–Trinajstić information content (AvgIpc) is 3.56. The molecule has 184 valence electrons. The van der Waals surface area contributed by atoms with E-state index in [2.05, 4.69) is 17.0 Å². The Balaban J connectivity index is 1.49. The fourth-order valence-electron chi connectivity index (χ4n) is 6.01. The van der Waals surface area contributed by atoms with Gasteiger partial charge in [-0.05, 0) is 17.7 Å². The van der Waals surface area contributed by atoms with Gasteiger partial charge in [-0.15, -0.1) is 0 Å². The first-order chi connectivity index (χ1) is 17.4. The minimum atomic E-state index is -0.842. The van der Waals surface area contributed by atoms with Crippen LogP contribution in [0.5, 0.6) is 0 Å². The number of rotatable bonds is 9. The second kappa shape index (κ2) is 9.24. The lowest BCUT2D eigenvalue weighted by molar-refractivity contribution is -0.884. The number of hydrogen-bond acceptors (Lipinski definition) is 4. The van der Waals surface area contributed by atoms with E-state index in [-0.39, 0.29) is 34.6 Å². The number of anilines is 1. The Kier molecular flexibility index (Phi) is 6.10. The van der Waals surface area contributed by atoms with E-state index < -0.39 is 5.54 Å². The summed E-state index contributed by atoms with van der Waals surface area (Å²) in [5, 5.41) is 7.67. The molecule has 0 aromatic heterocycles. The van der Waals surface area contributed by atoms with Gasteiger partial charge in [-0.25, -0.2) is 9.28 Å². The van der Waals surface area contributed by atoms with Gasteiger partial charge >= 0.3 is 5.91 Å². The first-order valence-corrected chi connectivity index (χ1v) is 12.3. The Morgan fingerprint density at radius 3 is 2.14 bits per heavy atom. The summed E-state index contributed by atoms with van der Waals surface area (Å²) < 4.78 is 0.0462. The first-order valence-electron chi connectivity index (χ1n) is 12.3. The molecular formula is C29H32N5O2+. The zero-order chi connectivity index (χ0) is 25.3. The predicted molar refractivity (Wildman–Crippen MR) is 140 cm³/mol. The van der Waals surface area contributed by atoms with Crippen LogP contribution in [0.4, 0.5) is 5.69 Å². The van der Waals surface area contributed by atoms with Gasteiger partial charge < -0.3 is 16.4 Å². The molecule has 0 radical (unpaired) electrons. The minimum Gasteiger partial charge on any atom is -0.384 e. The highest BCUT2D eigenvalue weighted by molar-refractivity contribution is 5.95. The summed E-state index contributed by atoms with van der Waals surface area (Å²) in [5.74, 6) is -0.232. The van der Waals surface area contributed by atoms with E-state index in [0.29, 0.717) is 31.6 Å². The summed E-state index contributed by atoms with van der Waals surface area (Å²) in [6.07, 6.45) is 1.47. The highest BCUT2D eigenvalue weighted by Crippen LogP contribution is 2.60. The van der Waals surface area contributed by atoms with E-state index in [9.17, 15) is 9.59 Å². The molecule has 1 aliphatic carbocycles. The molecule has 2 aliphatic rings. The van der Waals surface area contributed by atoms with Crippen molar-refractivity contribution in [3.8, 4) is 0 Å². The molecule has 3 atom stereocenters. The topological polar surface area (TPSA) is 113 Å². The first kappa shape index (κ1) is 23.8. The molecule has 3 aromatic rings. The Bertz CT molecular complexity index is 1280. The number of benzene rings is 3. The Morgan fingerprint density at radius 2 is 1.56 bits per heavy atom. The molecule has 0 spiro atoms. The molecule has 1 saturated heterocycles. The normalized spacial score (nSPS) is 24.1. The number of nitrogens with zero attached hydrogens (tertiary/aromatic N) is 2. The molecule has 1 saturated carbocycles. The molecule has 5 rings (SSSR count). The number of likely N-dealkylation sites (tertiary alicyclic amines) is 1. The number of nitrogens with one attached hydrogen (secondary N) is 1. The number of nitrogen functional groups attached to an aromatic ring is 1. The van der Waals surface area contributed by atoms with Crippen molar-refractivity contribution < 1.29 is 14.1 Å². The van der Waals surface area contributed by atoms with Crippen molar-refractivity contribution in [1.29, 1.82) is 5.41 Å². The summed E-state index contributed by atoms with van der Waals surface area (Å²) >= 11 is 0. The van der Waals surface area contributed by atoms with E-state index in [4.69, 9.17) is 16.9 Å². The molecule has 5 N–H and O–H groups in total. The number of amidine groups is 1. The zero-order valence-electron chi connectivity index (χ0n) is 20.3. The van der Waals surface area contributed by atoms with Gasteiger partial charge in [0.05, 0.1) is 6.54 Å². The number of nitrogens with two attached hydrogens (primary N) is 2. The quantitative estimate of drug-likeness (QED) is 0.247. The van der Waals surface area contributed by atoms with Crippen molar-refractivity contribution in [3.05, 3.63) is 102 Å². The molecule has 1 heterocycles. The molecule has 3 aromatic carbocycles. The van der Waals surface area contributed by atoms with Gasteiger partial charge in [0.15, 0.2) is 5.54 Å². The molecule has 1 unspecified atom stereocenters. The van der Waals surface area contributed by atoms with E-state index >= 15 is 0 Å². The van der Waals surface area contributed by atoms with Crippen molar-refractivity contribution in [2.24, 2.45) is 17.4 Å². The third kappa shape index (κ3) is 4.05. The third-order valence-corrected chi connectivity index (χ3v) is 7.98. The fourth-order valence-corrected chi connectivity index (χ4v) is 6.01. The van der Waals surface area contributed by atoms with Crippen LogP contribution in [0.25, 0.3) is 0 Å².